The van der Waals surface area contributed by atoms with E-state index in [4.69, 9.17) is 4.74 Å². The normalized spacial score (nSPS) is 26.0. The second-order valence-electron chi connectivity index (χ2n) is 8.02. The van der Waals surface area contributed by atoms with Gasteiger partial charge in [0.05, 0.1) is 0 Å². The summed E-state index contributed by atoms with van der Waals surface area (Å²) in [5.74, 6) is 0.0614. The van der Waals surface area contributed by atoms with E-state index in [1.807, 2.05) is 30.0 Å². The van der Waals surface area contributed by atoms with Gasteiger partial charge in [0.25, 0.3) is 0 Å². The molecule has 1 saturated heterocycles. The number of aryl methyl sites for hydroxylation is 1. The van der Waals surface area contributed by atoms with Gasteiger partial charge in [0.2, 0.25) is 11.5 Å². The van der Waals surface area contributed by atoms with Crippen LogP contribution in [0.1, 0.15) is 44.1 Å². The minimum Gasteiger partial charge on any atom is -0.478 e. The van der Waals surface area contributed by atoms with Crippen molar-refractivity contribution in [2.24, 2.45) is 11.3 Å². The number of carbonyl (C=O) groups excluding carboxylic acids is 1. The number of amides is 1. The molecular weight excluding hydrogens is 318 g/mol. The number of benzene rings is 1. The average Bonchev–Trinajstić information content (AvgIpc) is 3.31. The number of carbonyl (C=O) groups is 2. The van der Waals surface area contributed by atoms with Gasteiger partial charge in [0, 0.05) is 31.8 Å². The molecular formula is C20H25NO4. The van der Waals surface area contributed by atoms with Crippen LogP contribution in [0.15, 0.2) is 24.3 Å². The van der Waals surface area contributed by atoms with Gasteiger partial charge in [0.1, 0.15) is 5.75 Å². The highest BCUT2D eigenvalue weighted by molar-refractivity contribution is 5.84. The number of hydrogen-bond acceptors (Lipinski definition) is 3. The van der Waals surface area contributed by atoms with Crippen molar-refractivity contribution in [3.05, 3.63) is 29.8 Å². The molecule has 1 aromatic rings. The van der Waals surface area contributed by atoms with Crippen LogP contribution in [0.25, 0.3) is 0 Å². The summed E-state index contributed by atoms with van der Waals surface area (Å²) >= 11 is 0. The predicted octanol–water partition coefficient (Wildman–Crippen LogP) is 3.01. The molecule has 5 heteroatoms. The van der Waals surface area contributed by atoms with Crippen molar-refractivity contribution in [3.8, 4) is 5.75 Å². The number of aliphatic carboxylic acids is 1. The summed E-state index contributed by atoms with van der Waals surface area (Å²) in [6.07, 6.45) is 5.32. The molecule has 0 unspecified atom stereocenters. The summed E-state index contributed by atoms with van der Waals surface area (Å²) in [6.45, 7) is 2.88. The third kappa shape index (κ3) is 2.79. The molecule has 1 amide bonds. The van der Waals surface area contributed by atoms with Crippen LogP contribution in [0, 0.1) is 18.3 Å². The highest BCUT2D eigenvalue weighted by atomic mass is 16.5. The number of hydrogen-bond donors (Lipinski definition) is 1. The molecule has 1 heterocycles. The van der Waals surface area contributed by atoms with E-state index in [1.54, 1.807) is 6.07 Å². The van der Waals surface area contributed by atoms with Gasteiger partial charge in [-0.05, 0) is 49.3 Å². The Kier molecular flexibility index (Phi) is 3.78. The van der Waals surface area contributed by atoms with Gasteiger partial charge in [-0.15, -0.1) is 0 Å². The maximum absolute atomic E-state index is 12.7. The monoisotopic (exact) mass is 343 g/mol. The second kappa shape index (κ2) is 5.75. The Labute approximate surface area is 148 Å². The molecule has 2 saturated carbocycles. The molecule has 1 spiro atoms. The van der Waals surface area contributed by atoms with E-state index in [0.29, 0.717) is 37.1 Å². The molecule has 25 heavy (non-hydrogen) atoms. The Morgan fingerprint density at radius 3 is 2.44 bits per heavy atom. The molecule has 0 radical (unpaired) electrons. The van der Waals surface area contributed by atoms with E-state index in [9.17, 15) is 14.7 Å². The van der Waals surface area contributed by atoms with Crippen molar-refractivity contribution in [3.63, 3.8) is 0 Å². The summed E-state index contributed by atoms with van der Waals surface area (Å²) in [5.41, 5.74) is 0.115. The van der Waals surface area contributed by atoms with Gasteiger partial charge < -0.3 is 14.7 Å². The Morgan fingerprint density at radius 2 is 1.92 bits per heavy atom. The van der Waals surface area contributed by atoms with Gasteiger partial charge >= 0.3 is 5.97 Å². The predicted molar refractivity (Wildman–Crippen MR) is 92.4 cm³/mol. The summed E-state index contributed by atoms with van der Waals surface area (Å²) in [5, 5.41) is 9.77. The van der Waals surface area contributed by atoms with Gasteiger partial charge in [0.15, 0.2) is 0 Å². The molecule has 5 nitrogen and oxygen atoms in total. The minimum atomic E-state index is -1.23. The number of piperidine rings is 1. The van der Waals surface area contributed by atoms with Crippen LogP contribution >= 0.6 is 0 Å². The molecule has 3 fully saturated rings. The van der Waals surface area contributed by atoms with Crippen LogP contribution in [-0.4, -0.2) is 40.6 Å². The zero-order chi connectivity index (χ0) is 17.7. The standard InChI is InChI=1S/C20H25NO4/c1-14-4-2-5-15(12-14)25-20(18(23)24)8-10-21(11-9-20)17(22)16-13-19(16)6-3-7-19/h2,4-5,12,16H,3,6-11,13H2,1H3,(H,23,24)/t16-/m0/s1. The molecule has 2 aliphatic carbocycles. The molecule has 0 bridgehead atoms. The maximum atomic E-state index is 12.7. The van der Waals surface area contributed by atoms with Crippen LogP contribution < -0.4 is 4.74 Å². The quantitative estimate of drug-likeness (QED) is 0.912. The lowest BCUT2D eigenvalue weighted by atomic mass is 9.79. The van der Waals surface area contributed by atoms with E-state index in [0.717, 1.165) is 12.0 Å². The zero-order valence-corrected chi connectivity index (χ0v) is 14.7. The van der Waals surface area contributed by atoms with E-state index in [2.05, 4.69) is 0 Å². The maximum Gasteiger partial charge on any atom is 0.348 e. The average molecular weight is 343 g/mol. The summed E-state index contributed by atoms with van der Waals surface area (Å²) in [4.78, 5) is 26.5. The van der Waals surface area contributed by atoms with E-state index in [-0.39, 0.29) is 11.8 Å². The van der Waals surface area contributed by atoms with Crippen LogP contribution in [-0.2, 0) is 9.59 Å². The largest absolute Gasteiger partial charge is 0.478 e. The molecule has 0 aromatic heterocycles. The molecule has 1 aromatic carbocycles. The molecule has 134 valence electrons. The van der Waals surface area contributed by atoms with Crippen LogP contribution in [0.3, 0.4) is 0 Å². The first kappa shape index (κ1) is 16.4. The Bertz CT molecular complexity index is 701. The zero-order valence-electron chi connectivity index (χ0n) is 14.7. The Hall–Kier alpha value is -2.04. The minimum absolute atomic E-state index is 0.191. The first-order valence-corrected chi connectivity index (χ1v) is 9.22. The number of likely N-dealkylation sites (tertiary alicyclic amines) is 1. The Morgan fingerprint density at radius 1 is 1.20 bits per heavy atom. The van der Waals surface area contributed by atoms with Crippen molar-refractivity contribution in [2.45, 2.75) is 51.0 Å². The van der Waals surface area contributed by atoms with Crippen LogP contribution in [0.4, 0.5) is 0 Å². The van der Waals surface area contributed by atoms with Crippen molar-refractivity contribution in [1.29, 1.82) is 0 Å². The number of rotatable bonds is 4. The number of ether oxygens (including phenoxy) is 1. The van der Waals surface area contributed by atoms with Gasteiger partial charge in [-0.3, -0.25) is 4.79 Å². The molecule has 4 rings (SSSR count). The number of carboxylic acid groups (broad SMARTS) is 1. The van der Waals surface area contributed by atoms with E-state index in [1.165, 1.54) is 19.3 Å². The third-order valence-corrected chi connectivity index (χ3v) is 6.41. The van der Waals surface area contributed by atoms with Crippen molar-refractivity contribution in [1.82, 2.24) is 4.90 Å². The smallest absolute Gasteiger partial charge is 0.348 e. The summed E-state index contributed by atoms with van der Waals surface area (Å²) < 4.78 is 5.93. The second-order valence-corrected chi connectivity index (χ2v) is 8.02. The fraction of sp³-hybridized carbons (Fsp3) is 0.600. The molecule has 1 atom stereocenters. The molecule has 3 aliphatic rings. The van der Waals surface area contributed by atoms with Gasteiger partial charge in [-0.25, -0.2) is 4.79 Å². The lowest BCUT2D eigenvalue weighted by molar-refractivity contribution is -0.162. The summed E-state index contributed by atoms with van der Waals surface area (Å²) in [6, 6.07) is 7.46. The van der Waals surface area contributed by atoms with Crippen molar-refractivity contribution >= 4 is 11.9 Å². The summed E-state index contributed by atoms with van der Waals surface area (Å²) in [7, 11) is 0. The topological polar surface area (TPSA) is 66.8 Å². The van der Waals surface area contributed by atoms with Crippen LogP contribution in [0.2, 0.25) is 0 Å². The van der Waals surface area contributed by atoms with E-state index >= 15 is 0 Å². The Balaban J connectivity index is 1.42. The SMILES string of the molecule is Cc1cccc(OC2(C(=O)O)CCN(C(=O)[C@@H]3CC34CCC4)CC2)c1. The number of nitrogens with zero attached hydrogens (tertiary/aromatic N) is 1. The first-order chi connectivity index (χ1) is 11.9. The first-order valence-electron chi connectivity index (χ1n) is 9.22. The van der Waals surface area contributed by atoms with Crippen LogP contribution in [0.5, 0.6) is 5.75 Å². The lowest BCUT2D eigenvalue weighted by Gasteiger charge is -2.39. The van der Waals surface area contributed by atoms with Crippen molar-refractivity contribution < 1.29 is 19.4 Å². The van der Waals surface area contributed by atoms with E-state index < -0.39 is 11.6 Å². The number of carboxylic acids is 1. The van der Waals surface area contributed by atoms with Crippen molar-refractivity contribution in [2.75, 3.05) is 13.1 Å². The third-order valence-electron chi connectivity index (χ3n) is 6.41. The van der Waals surface area contributed by atoms with Gasteiger partial charge in [-0.1, -0.05) is 18.6 Å². The fourth-order valence-corrected chi connectivity index (χ4v) is 4.45. The highest BCUT2D eigenvalue weighted by Gasteiger charge is 2.62. The van der Waals surface area contributed by atoms with Gasteiger partial charge in [-0.2, -0.15) is 0 Å². The fourth-order valence-electron chi connectivity index (χ4n) is 4.45. The lowest BCUT2D eigenvalue weighted by Crippen LogP contribution is -2.54. The molecule has 1 N–H and O–H groups in total. The highest BCUT2D eigenvalue weighted by Crippen LogP contribution is 2.66. The molecule has 1 aliphatic heterocycles.